The Morgan fingerprint density at radius 1 is 1.29 bits per heavy atom. The van der Waals surface area contributed by atoms with E-state index >= 15 is 0 Å². The second-order valence-corrected chi connectivity index (χ2v) is 5.89. The van der Waals surface area contributed by atoms with Crippen molar-refractivity contribution >= 4 is 11.5 Å². The van der Waals surface area contributed by atoms with E-state index in [2.05, 4.69) is 48.3 Å². The summed E-state index contributed by atoms with van der Waals surface area (Å²) in [5.74, 6) is 1.03. The van der Waals surface area contributed by atoms with Crippen LogP contribution in [0.5, 0.6) is 0 Å². The van der Waals surface area contributed by atoms with E-state index in [1.165, 1.54) is 0 Å². The molecule has 3 rings (SSSR count). The van der Waals surface area contributed by atoms with Crippen LogP contribution in [0.15, 0.2) is 53.7 Å². The van der Waals surface area contributed by atoms with Crippen molar-refractivity contribution in [3.63, 3.8) is 0 Å². The van der Waals surface area contributed by atoms with Gasteiger partial charge >= 0.3 is 0 Å². The molecular weight excluding hydrogens is 260 g/mol. The first-order valence-corrected chi connectivity index (χ1v) is 7.35. The largest absolute Gasteiger partial charge is 0.398 e. The molecular formula is C17H22N4. The number of aliphatic imine (C=N–C) groups is 1. The lowest BCUT2D eigenvalue weighted by Crippen LogP contribution is -2.46. The van der Waals surface area contributed by atoms with Crippen LogP contribution in [0, 0.1) is 0 Å². The van der Waals surface area contributed by atoms with Crippen molar-refractivity contribution in [1.29, 1.82) is 0 Å². The Morgan fingerprint density at radius 3 is 2.86 bits per heavy atom. The topological polar surface area (TPSA) is 44.9 Å². The normalized spacial score (nSPS) is 24.1. The van der Waals surface area contributed by atoms with Crippen LogP contribution < -0.4 is 5.73 Å². The van der Waals surface area contributed by atoms with Crippen molar-refractivity contribution in [2.24, 2.45) is 4.99 Å². The number of amidine groups is 1. The Bertz CT molecular complexity index is 601. The van der Waals surface area contributed by atoms with Crippen LogP contribution in [0.4, 0.5) is 5.69 Å². The second kappa shape index (κ2) is 5.74. The highest BCUT2D eigenvalue weighted by Gasteiger charge is 2.30. The van der Waals surface area contributed by atoms with Gasteiger partial charge < -0.3 is 15.5 Å². The minimum atomic E-state index is 0.138. The average Bonchev–Trinajstić information content (AvgIpc) is 2.47. The van der Waals surface area contributed by atoms with Gasteiger partial charge in [0.25, 0.3) is 0 Å². The molecule has 0 fully saturated rings. The third-order valence-electron chi connectivity index (χ3n) is 3.98. The van der Waals surface area contributed by atoms with E-state index in [-0.39, 0.29) is 6.04 Å². The molecule has 21 heavy (non-hydrogen) atoms. The van der Waals surface area contributed by atoms with Gasteiger partial charge in [0.1, 0.15) is 5.84 Å². The smallest absolute Gasteiger partial charge is 0.128 e. The molecule has 4 heteroatoms. The Labute approximate surface area is 126 Å². The van der Waals surface area contributed by atoms with Crippen LogP contribution >= 0.6 is 0 Å². The summed E-state index contributed by atoms with van der Waals surface area (Å²) in [5.41, 5.74) is 8.11. The number of nitrogens with two attached hydrogens (primary N) is 1. The van der Waals surface area contributed by atoms with Gasteiger partial charge in [0.2, 0.25) is 0 Å². The number of nitrogens with zero attached hydrogens (tertiary/aromatic N) is 3. The van der Waals surface area contributed by atoms with Gasteiger partial charge in [-0.2, -0.15) is 0 Å². The van der Waals surface area contributed by atoms with E-state index in [1.54, 1.807) is 0 Å². The summed E-state index contributed by atoms with van der Waals surface area (Å²) in [4.78, 5) is 9.40. The Balaban J connectivity index is 1.94. The summed E-state index contributed by atoms with van der Waals surface area (Å²) in [6, 6.07) is 8.61. The van der Waals surface area contributed by atoms with Crippen molar-refractivity contribution in [2.75, 3.05) is 26.4 Å². The van der Waals surface area contributed by atoms with E-state index in [4.69, 9.17) is 10.7 Å². The van der Waals surface area contributed by atoms with Crippen molar-refractivity contribution < 1.29 is 0 Å². The van der Waals surface area contributed by atoms with Gasteiger partial charge in [-0.15, -0.1) is 0 Å². The van der Waals surface area contributed by atoms with Gasteiger partial charge in [-0.25, -0.2) is 0 Å². The van der Waals surface area contributed by atoms with E-state index in [0.29, 0.717) is 6.04 Å². The summed E-state index contributed by atoms with van der Waals surface area (Å²) in [6.45, 7) is 1.00. The number of allylic oxidation sites excluding steroid dienone is 2. The van der Waals surface area contributed by atoms with Crippen LogP contribution in [-0.4, -0.2) is 42.3 Å². The average molecular weight is 282 g/mol. The zero-order chi connectivity index (χ0) is 14.8. The minimum Gasteiger partial charge on any atom is -0.398 e. The third kappa shape index (κ3) is 2.85. The van der Waals surface area contributed by atoms with Crippen LogP contribution in [0.3, 0.4) is 0 Å². The maximum Gasteiger partial charge on any atom is 0.128 e. The predicted octanol–water partition coefficient (Wildman–Crippen LogP) is 2.43. The Morgan fingerprint density at radius 2 is 2.10 bits per heavy atom. The molecule has 2 atom stereocenters. The van der Waals surface area contributed by atoms with Crippen LogP contribution in [0.1, 0.15) is 18.0 Å². The molecule has 1 aromatic rings. The highest BCUT2D eigenvalue weighted by molar-refractivity contribution is 5.95. The number of benzene rings is 1. The zero-order valence-electron chi connectivity index (χ0n) is 12.6. The van der Waals surface area contributed by atoms with Gasteiger partial charge in [0.05, 0.1) is 12.1 Å². The number of hydrogen-bond acceptors (Lipinski definition) is 4. The van der Waals surface area contributed by atoms with Crippen molar-refractivity contribution in [2.45, 2.75) is 18.5 Å². The SMILES string of the molecule is CN(C)CC1CC(c2ccccc2N)N=C2C=CC=CN21. The molecule has 2 aliphatic heterocycles. The molecule has 0 saturated carbocycles. The van der Waals surface area contributed by atoms with Gasteiger partial charge in [0.15, 0.2) is 0 Å². The Kier molecular flexibility index (Phi) is 3.80. The third-order valence-corrected chi connectivity index (χ3v) is 3.98. The van der Waals surface area contributed by atoms with Gasteiger partial charge in [0, 0.05) is 18.4 Å². The first-order chi connectivity index (χ1) is 10.1. The molecule has 0 aromatic heterocycles. The highest BCUT2D eigenvalue weighted by atomic mass is 15.3. The first kappa shape index (κ1) is 13.9. The van der Waals surface area contributed by atoms with Crippen molar-refractivity contribution in [3.05, 3.63) is 54.3 Å². The molecule has 110 valence electrons. The van der Waals surface area contributed by atoms with E-state index in [9.17, 15) is 0 Å². The maximum atomic E-state index is 6.14. The highest BCUT2D eigenvalue weighted by Crippen LogP contribution is 2.33. The minimum absolute atomic E-state index is 0.138. The monoisotopic (exact) mass is 282 g/mol. The molecule has 0 spiro atoms. The number of para-hydroxylation sites is 1. The molecule has 0 aliphatic carbocycles. The summed E-state index contributed by atoms with van der Waals surface area (Å²) >= 11 is 0. The molecule has 4 nitrogen and oxygen atoms in total. The van der Waals surface area contributed by atoms with Crippen molar-refractivity contribution in [1.82, 2.24) is 9.80 Å². The fourth-order valence-corrected chi connectivity index (χ4v) is 3.04. The first-order valence-electron chi connectivity index (χ1n) is 7.35. The molecule has 2 unspecified atom stereocenters. The fraction of sp³-hybridized carbons (Fsp3) is 0.353. The maximum absolute atomic E-state index is 6.14. The lowest BCUT2D eigenvalue weighted by atomic mass is 9.94. The molecule has 0 bridgehead atoms. The summed E-state index contributed by atoms with van der Waals surface area (Å²) in [6.07, 6.45) is 9.29. The second-order valence-electron chi connectivity index (χ2n) is 5.89. The zero-order valence-corrected chi connectivity index (χ0v) is 12.6. The molecule has 2 heterocycles. The quantitative estimate of drug-likeness (QED) is 0.866. The van der Waals surface area contributed by atoms with E-state index in [1.807, 2.05) is 24.3 Å². The standard InChI is InChI=1S/C17H22N4/c1-20(2)12-13-11-16(14-7-3-4-8-15(14)18)19-17-9-5-6-10-21(13)17/h3-10,13,16H,11-12,18H2,1-2H3. The van der Waals surface area contributed by atoms with Crippen LogP contribution in [0.25, 0.3) is 0 Å². The fourth-order valence-electron chi connectivity index (χ4n) is 3.04. The molecule has 0 amide bonds. The molecule has 2 aliphatic rings. The number of likely N-dealkylation sites (N-methyl/N-ethyl adjacent to an activating group) is 1. The number of rotatable bonds is 3. The van der Waals surface area contributed by atoms with Gasteiger partial charge in [-0.05, 0) is 44.3 Å². The molecule has 0 saturated heterocycles. The number of hydrogen-bond donors (Lipinski definition) is 1. The van der Waals surface area contributed by atoms with Gasteiger partial charge in [-0.3, -0.25) is 4.99 Å². The van der Waals surface area contributed by atoms with Crippen molar-refractivity contribution in [3.8, 4) is 0 Å². The Hall–Kier alpha value is -2.07. The summed E-state index contributed by atoms with van der Waals surface area (Å²) in [7, 11) is 4.22. The lowest BCUT2D eigenvalue weighted by molar-refractivity contribution is 0.250. The number of fused-ring (bicyclic) bond motifs is 1. The number of anilines is 1. The van der Waals surface area contributed by atoms with Crippen LogP contribution in [-0.2, 0) is 0 Å². The van der Waals surface area contributed by atoms with E-state index < -0.39 is 0 Å². The molecule has 0 radical (unpaired) electrons. The van der Waals surface area contributed by atoms with E-state index in [0.717, 1.165) is 30.1 Å². The molecule has 2 N–H and O–H groups in total. The summed E-state index contributed by atoms with van der Waals surface area (Å²) in [5, 5.41) is 0. The van der Waals surface area contributed by atoms with Gasteiger partial charge in [-0.1, -0.05) is 24.3 Å². The van der Waals surface area contributed by atoms with Crippen LogP contribution in [0.2, 0.25) is 0 Å². The number of nitrogen functional groups attached to an aromatic ring is 1. The lowest BCUT2D eigenvalue weighted by Gasteiger charge is -2.39. The predicted molar refractivity (Wildman–Crippen MR) is 88.1 cm³/mol. The molecule has 1 aromatic carbocycles. The summed E-state index contributed by atoms with van der Waals surface area (Å²) < 4.78 is 0.